The fourth-order valence-corrected chi connectivity index (χ4v) is 3.79. The maximum absolute atomic E-state index is 13.0. The van der Waals surface area contributed by atoms with E-state index in [1.54, 1.807) is 18.5 Å². The van der Waals surface area contributed by atoms with Crippen LogP contribution in [-0.2, 0) is 7.05 Å². The van der Waals surface area contributed by atoms with Gasteiger partial charge in [-0.3, -0.25) is 4.79 Å². The van der Waals surface area contributed by atoms with Crippen molar-refractivity contribution in [3.8, 4) is 10.8 Å². The Balaban J connectivity index is 1.66. The highest BCUT2D eigenvalue weighted by Gasteiger charge is 2.24. The van der Waals surface area contributed by atoms with Gasteiger partial charge in [0.25, 0.3) is 5.91 Å². The summed E-state index contributed by atoms with van der Waals surface area (Å²) < 4.78 is 7.30. The number of furan rings is 1. The second kappa shape index (κ2) is 7.20. The fourth-order valence-electron chi connectivity index (χ4n) is 2.91. The SMILES string of the molecule is Cc1sc(-c2ccco2)nc1C(=O)N[C@H](c1ccccc1)c1nccn1C. The monoisotopic (exact) mass is 378 g/mol. The zero-order valence-corrected chi connectivity index (χ0v) is 15.7. The van der Waals surface area contributed by atoms with Crippen LogP contribution in [-0.4, -0.2) is 20.4 Å². The highest BCUT2D eigenvalue weighted by molar-refractivity contribution is 7.15. The van der Waals surface area contributed by atoms with Gasteiger partial charge in [0.05, 0.1) is 6.26 Å². The van der Waals surface area contributed by atoms with Crippen molar-refractivity contribution in [1.82, 2.24) is 19.9 Å². The zero-order chi connectivity index (χ0) is 18.8. The molecule has 0 bridgehead atoms. The zero-order valence-electron chi connectivity index (χ0n) is 14.9. The van der Waals surface area contributed by atoms with Crippen LogP contribution in [0.15, 0.2) is 65.5 Å². The number of nitrogens with zero attached hydrogens (tertiary/aromatic N) is 3. The summed E-state index contributed by atoms with van der Waals surface area (Å²) in [6.45, 7) is 1.89. The molecule has 0 saturated heterocycles. The lowest BCUT2D eigenvalue weighted by molar-refractivity contribution is 0.0936. The molecule has 27 heavy (non-hydrogen) atoms. The molecule has 3 heterocycles. The van der Waals surface area contributed by atoms with Gasteiger partial charge in [0.1, 0.15) is 17.6 Å². The molecule has 0 unspecified atom stereocenters. The second-order valence-corrected chi connectivity index (χ2v) is 7.32. The molecule has 1 amide bonds. The van der Waals surface area contributed by atoms with Crippen LogP contribution in [0.2, 0.25) is 0 Å². The Morgan fingerprint density at radius 2 is 2.04 bits per heavy atom. The minimum absolute atomic E-state index is 0.238. The van der Waals surface area contributed by atoms with E-state index in [0.29, 0.717) is 16.5 Å². The van der Waals surface area contributed by atoms with Crippen LogP contribution in [0, 0.1) is 6.92 Å². The van der Waals surface area contributed by atoms with Gasteiger partial charge in [-0.1, -0.05) is 30.3 Å². The summed E-state index contributed by atoms with van der Waals surface area (Å²) in [5.41, 5.74) is 1.36. The lowest BCUT2D eigenvalue weighted by atomic mass is 10.1. The Bertz CT molecular complexity index is 1050. The van der Waals surface area contributed by atoms with Crippen molar-refractivity contribution in [2.45, 2.75) is 13.0 Å². The number of rotatable bonds is 5. The molecule has 3 aromatic heterocycles. The first-order chi connectivity index (χ1) is 13.1. The highest BCUT2D eigenvalue weighted by Crippen LogP contribution is 2.29. The van der Waals surface area contributed by atoms with Crippen LogP contribution >= 0.6 is 11.3 Å². The summed E-state index contributed by atoms with van der Waals surface area (Å²) in [6, 6.07) is 13.1. The van der Waals surface area contributed by atoms with Gasteiger partial charge in [-0.05, 0) is 24.6 Å². The van der Waals surface area contributed by atoms with Gasteiger partial charge in [0, 0.05) is 24.3 Å². The van der Waals surface area contributed by atoms with E-state index >= 15 is 0 Å². The minimum atomic E-state index is -0.369. The fraction of sp³-hybridized carbons (Fsp3) is 0.150. The van der Waals surface area contributed by atoms with Crippen LogP contribution in [0.5, 0.6) is 0 Å². The number of carbonyl (C=O) groups is 1. The van der Waals surface area contributed by atoms with Crippen molar-refractivity contribution in [1.29, 1.82) is 0 Å². The third kappa shape index (κ3) is 3.41. The summed E-state index contributed by atoms with van der Waals surface area (Å²) in [5.74, 6) is 1.18. The van der Waals surface area contributed by atoms with E-state index in [4.69, 9.17) is 4.42 Å². The van der Waals surface area contributed by atoms with E-state index in [2.05, 4.69) is 15.3 Å². The maximum Gasteiger partial charge on any atom is 0.271 e. The van der Waals surface area contributed by atoms with Gasteiger partial charge < -0.3 is 14.3 Å². The van der Waals surface area contributed by atoms with E-state index < -0.39 is 0 Å². The molecular weight excluding hydrogens is 360 g/mol. The number of imidazole rings is 1. The Morgan fingerprint density at radius 3 is 2.70 bits per heavy atom. The summed E-state index contributed by atoms with van der Waals surface area (Å²) in [5, 5.41) is 3.77. The molecule has 0 radical (unpaired) electrons. The standard InChI is InChI=1S/C20H18N4O2S/c1-13-16(23-20(27-13)15-9-6-12-26-15)19(25)22-17(14-7-4-3-5-8-14)18-21-10-11-24(18)2/h3-12,17H,1-2H3,(H,22,25)/t17-/m1/s1. The molecule has 0 aliphatic carbocycles. The molecule has 0 saturated carbocycles. The first-order valence-electron chi connectivity index (χ1n) is 8.48. The van der Waals surface area contributed by atoms with Gasteiger partial charge >= 0.3 is 0 Å². The summed E-state index contributed by atoms with van der Waals surface area (Å²) in [7, 11) is 1.91. The average Bonchev–Trinajstić information content (AvgIpc) is 3.41. The molecular formula is C20H18N4O2S. The molecule has 0 fully saturated rings. The molecule has 1 aromatic carbocycles. The number of nitrogens with one attached hydrogen (secondary N) is 1. The normalized spacial score (nSPS) is 12.1. The molecule has 4 aromatic rings. The van der Waals surface area contributed by atoms with Crippen molar-refractivity contribution < 1.29 is 9.21 Å². The lowest BCUT2D eigenvalue weighted by Gasteiger charge is -2.18. The smallest absolute Gasteiger partial charge is 0.271 e. The number of benzene rings is 1. The largest absolute Gasteiger partial charge is 0.462 e. The van der Waals surface area contributed by atoms with E-state index in [9.17, 15) is 4.79 Å². The lowest BCUT2D eigenvalue weighted by Crippen LogP contribution is -2.31. The van der Waals surface area contributed by atoms with E-state index in [1.807, 2.05) is 61.1 Å². The van der Waals surface area contributed by atoms with Crippen molar-refractivity contribution >= 4 is 17.2 Å². The number of hydrogen-bond acceptors (Lipinski definition) is 5. The van der Waals surface area contributed by atoms with E-state index in [0.717, 1.165) is 16.3 Å². The van der Waals surface area contributed by atoms with Crippen molar-refractivity contribution in [2.75, 3.05) is 0 Å². The van der Waals surface area contributed by atoms with Crippen LogP contribution in [0.3, 0.4) is 0 Å². The van der Waals surface area contributed by atoms with Gasteiger partial charge in [-0.2, -0.15) is 0 Å². The Hall–Kier alpha value is -3.19. The number of aromatic nitrogens is 3. The van der Waals surface area contributed by atoms with Gasteiger partial charge in [-0.25, -0.2) is 9.97 Å². The first kappa shape index (κ1) is 17.2. The highest BCUT2D eigenvalue weighted by atomic mass is 32.1. The van der Waals surface area contributed by atoms with E-state index in [1.165, 1.54) is 11.3 Å². The van der Waals surface area contributed by atoms with Gasteiger partial charge in [-0.15, -0.1) is 11.3 Å². The third-order valence-electron chi connectivity index (χ3n) is 4.27. The Morgan fingerprint density at radius 1 is 1.22 bits per heavy atom. The van der Waals surface area contributed by atoms with Gasteiger partial charge in [0.2, 0.25) is 0 Å². The Labute approximate surface area is 160 Å². The number of aryl methyl sites for hydroxylation is 2. The second-order valence-electron chi connectivity index (χ2n) is 6.11. The molecule has 1 N–H and O–H groups in total. The first-order valence-corrected chi connectivity index (χ1v) is 9.29. The number of carbonyl (C=O) groups excluding carboxylic acids is 1. The quantitative estimate of drug-likeness (QED) is 0.570. The predicted molar refractivity (Wildman–Crippen MR) is 104 cm³/mol. The molecule has 7 heteroatoms. The molecule has 4 rings (SSSR count). The van der Waals surface area contributed by atoms with Gasteiger partial charge in [0.15, 0.2) is 10.8 Å². The third-order valence-corrected chi connectivity index (χ3v) is 5.25. The summed E-state index contributed by atoms with van der Waals surface area (Å²) in [4.78, 5) is 22.8. The van der Waals surface area contributed by atoms with Crippen LogP contribution in [0.1, 0.15) is 32.8 Å². The van der Waals surface area contributed by atoms with Crippen molar-refractivity contribution in [3.63, 3.8) is 0 Å². The van der Waals surface area contributed by atoms with Crippen LogP contribution in [0.25, 0.3) is 10.8 Å². The number of hydrogen-bond donors (Lipinski definition) is 1. The maximum atomic E-state index is 13.0. The molecule has 0 aliphatic heterocycles. The number of amides is 1. The topological polar surface area (TPSA) is 73.0 Å². The number of thiazole rings is 1. The van der Waals surface area contributed by atoms with Crippen molar-refractivity contribution in [2.24, 2.45) is 7.05 Å². The Kier molecular flexibility index (Phi) is 4.60. The molecule has 0 aliphatic rings. The summed E-state index contributed by atoms with van der Waals surface area (Å²) >= 11 is 1.44. The van der Waals surface area contributed by atoms with Crippen LogP contribution in [0.4, 0.5) is 0 Å². The summed E-state index contributed by atoms with van der Waals surface area (Å²) in [6.07, 6.45) is 5.18. The van der Waals surface area contributed by atoms with E-state index in [-0.39, 0.29) is 11.9 Å². The van der Waals surface area contributed by atoms with Crippen molar-refractivity contribution in [3.05, 3.63) is 83.1 Å². The molecule has 0 spiro atoms. The molecule has 1 atom stereocenters. The average molecular weight is 378 g/mol. The van der Waals surface area contributed by atoms with Crippen LogP contribution < -0.4 is 5.32 Å². The predicted octanol–water partition coefficient (Wildman–Crippen LogP) is 3.96. The molecule has 136 valence electrons. The molecule has 6 nitrogen and oxygen atoms in total. The minimum Gasteiger partial charge on any atom is -0.462 e.